The molecule has 0 fully saturated rings. The number of hydrogen-bond donors (Lipinski definition) is 0. The Bertz CT molecular complexity index is 608. The molecule has 25 heavy (non-hydrogen) atoms. The van der Waals surface area contributed by atoms with Gasteiger partial charge in [0.2, 0.25) is 0 Å². The minimum absolute atomic E-state index is 0.292. The molecule has 1 atom stereocenters. The summed E-state index contributed by atoms with van der Waals surface area (Å²) < 4.78 is 12.6. The smallest absolute Gasteiger partial charge is 0.347 e. The summed E-state index contributed by atoms with van der Waals surface area (Å²) in [6.07, 6.45) is 2.49. The molecule has 6 heteroatoms. The van der Waals surface area contributed by atoms with E-state index in [4.69, 9.17) is 25.6 Å². The molecule has 0 saturated carbocycles. The van der Waals surface area contributed by atoms with Gasteiger partial charge >= 0.3 is 5.97 Å². The van der Waals surface area contributed by atoms with Crippen LogP contribution in [0.2, 0.25) is 24.7 Å². The third-order valence-corrected chi connectivity index (χ3v) is 5.87. The van der Waals surface area contributed by atoms with Crippen molar-refractivity contribution in [2.24, 2.45) is 10.6 Å². The van der Waals surface area contributed by atoms with Crippen LogP contribution in [-0.4, -0.2) is 26.6 Å². The van der Waals surface area contributed by atoms with Crippen LogP contribution in [0.4, 0.5) is 0 Å². The van der Waals surface area contributed by atoms with Gasteiger partial charge in [-0.15, -0.1) is 0 Å². The Hall–Kier alpha value is -0.883. The first-order valence-electron chi connectivity index (χ1n) is 9.06. The van der Waals surface area contributed by atoms with Gasteiger partial charge in [-0.25, -0.2) is 0 Å². The zero-order valence-corrected chi connectivity index (χ0v) is 17.9. The van der Waals surface area contributed by atoms with E-state index in [1.165, 1.54) is 0 Å². The Balaban J connectivity index is 2.48. The molecule has 1 heterocycles. The fourth-order valence-corrected chi connectivity index (χ4v) is 4.58. The van der Waals surface area contributed by atoms with Gasteiger partial charge in [0.1, 0.15) is 0 Å². The third kappa shape index (κ3) is 4.27. The Kier molecular flexibility index (Phi) is 6.36. The van der Waals surface area contributed by atoms with Crippen molar-refractivity contribution in [1.82, 2.24) is 0 Å². The Morgan fingerprint density at radius 1 is 1.12 bits per heavy atom. The molecule has 4 nitrogen and oxygen atoms in total. The predicted octanol–water partition coefficient (Wildman–Crippen LogP) is 5.81. The highest BCUT2D eigenvalue weighted by Crippen LogP contribution is 2.50. The normalized spacial score (nSPS) is 23.1. The molecule has 1 aliphatic rings. The summed E-state index contributed by atoms with van der Waals surface area (Å²) in [5.74, 6) is -1.12. The van der Waals surface area contributed by atoms with E-state index in [1.54, 1.807) is 0 Å². The third-order valence-electron chi connectivity index (χ3n) is 4.74. The largest absolute Gasteiger partial charge is 0.358 e. The number of ether oxygens (including phenoxy) is 1. The maximum atomic E-state index is 6.47. The zero-order valence-electron chi connectivity index (χ0n) is 16.2. The maximum absolute atomic E-state index is 6.47. The van der Waals surface area contributed by atoms with Crippen molar-refractivity contribution in [3.63, 3.8) is 0 Å². The lowest BCUT2D eigenvalue weighted by Crippen LogP contribution is -2.60. The number of benzene rings is 1. The molecule has 1 aromatic carbocycles. The quantitative estimate of drug-likeness (QED) is 0.440. The molecule has 140 valence electrons. The van der Waals surface area contributed by atoms with Crippen molar-refractivity contribution in [3.05, 3.63) is 34.9 Å². The Morgan fingerprint density at radius 3 is 2.20 bits per heavy atom. The van der Waals surface area contributed by atoms with Crippen molar-refractivity contribution in [1.29, 1.82) is 0 Å². The van der Waals surface area contributed by atoms with Crippen molar-refractivity contribution in [2.45, 2.75) is 65.6 Å². The van der Waals surface area contributed by atoms with E-state index < -0.39 is 14.3 Å². The fourth-order valence-electron chi connectivity index (χ4n) is 3.33. The molecule has 0 amide bonds. The first-order valence-corrected chi connectivity index (χ1v) is 12.8. The van der Waals surface area contributed by atoms with Gasteiger partial charge in [0.25, 0.3) is 0 Å². The number of hydrogen-bond acceptors (Lipinski definition) is 4. The monoisotopic (exact) mass is 383 g/mol. The van der Waals surface area contributed by atoms with Crippen molar-refractivity contribution in [3.8, 4) is 0 Å². The van der Waals surface area contributed by atoms with Gasteiger partial charge in [-0.1, -0.05) is 42.7 Å². The highest BCUT2D eigenvalue weighted by atomic mass is 35.5. The Labute approximate surface area is 157 Å². The van der Waals surface area contributed by atoms with Crippen LogP contribution in [0.3, 0.4) is 0 Å². The van der Waals surface area contributed by atoms with Gasteiger partial charge in [-0.05, 0) is 57.1 Å². The summed E-state index contributed by atoms with van der Waals surface area (Å²) in [5, 5.41) is 5.13. The Morgan fingerprint density at radius 2 is 1.72 bits per heavy atom. The van der Waals surface area contributed by atoms with Crippen LogP contribution in [0.1, 0.15) is 45.6 Å². The standard InChI is InChI=1S/C19H30ClNO3Si/c1-7-18(8-2)14-17(15-10-12-16(20)13-11-15)21-23-19(18,22-9-3)24-25(4,5)6/h10-13H,7-9,14H2,1-6H3. The summed E-state index contributed by atoms with van der Waals surface area (Å²) in [4.78, 5) is 6.02. The molecule has 1 aliphatic heterocycles. The van der Waals surface area contributed by atoms with Crippen LogP contribution >= 0.6 is 11.6 Å². The minimum Gasteiger partial charge on any atom is -0.358 e. The van der Waals surface area contributed by atoms with E-state index in [2.05, 4.69) is 38.6 Å². The van der Waals surface area contributed by atoms with Crippen LogP contribution in [0.15, 0.2) is 29.4 Å². The lowest BCUT2D eigenvalue weighted by Gasteiger charge is -2.50. The molecule has 0 spiro atoms. The predicted molar refractivity (Wildman–Crippen MR) is 105 cm³/mol. The number of oxime groups is 1. The summed E-state index contributed by atoms with van der Waals surface area (Å²) in [6, 6.07) is 7.71. The zero-order chi connectivity index (χ0) is 18.7. The van der Waals surface area contributed by atoms with Crippen molar-refractivity contribution < 1.29 is 14.0 Å². The molecular weight excluding hydrogens is 354 g/mol. The van der Waals surface area contributed by atoms with Crippen LogP contribution in [0.25, 0.3) is 0 Å². The maximum Gasteiger partial charge on any atom is 0.347 e. The molecule has 2 rings (SSSR count). The highest BCUT2D eigenvalue weighted by molar-refractivity contribution is 6.69. The van der Waals surface area contributed by atoms with E-state index in [0.29, 0.717) is 11.6 Å². The van der Waals surface area contributed by atoms with Crippen LogP contribution in [0, 0.1) is 5.41 Å². The van der Waals surface area contributed by atoms with E-state index >= 15 is 0 Å². The molecular formula is C19H30ClNO3Si. The second-order valence-corrected chi connectivity index (χ2v) is 12.4. The molecule has 0 radical (unpaired) electrons. The average Bonchev–Trinajstić information content (AvgIpc) is 2.55. The SMILES string of the molecule is CCOC1(O[Si](C)(C)C)ON=C(c2ccc(Cl)cc2)CC1(CC)CC. The first-order chi connectivity index (χ1) is 11.7. The molecule has 0 aliphatic carbocycles. The number of rotatable bonds is 7. The lowest BCUT2D eigenvalue weighted by molar-refractivity contribution is -0.408. The van der Waals surface area contributed by atoms with Crippen LogP contribution in [-0.2, 0) is 14.0 Å². The molecule has 1 unspecified atom stereocenters. The molecule has 0 aromatic heterocycles. The molecule has 0 N–H and O–H groups in total. The topological polar surface area (TPSA) is 40.0 Å². The summed E-state index contributed by atoms with van der Waals surface area (Å²) in [7, 11) is -1.92. The van der Waals surface area contributed by atoms with E-state index in [-0.39, 0.29) is 5.41 Å². The highest BCUT2D eigenvalue weighted by Gasteiger charge is 2.59. The molecule has 0 bridgehead atoms. The summed E-state index contributed by atoms with van der Waals surface area (Å²) in [5.41, 5.74) is 1.64. The van der Waals surface area contributed by atoms with Crippen molar-refractivity contribution >= 4 is 25.6 Å². The lowest BCUT2D eigenvalue weighted by atomic mass is 9.73. The fraction of sp³-hybridized carbons (Fsp3) is 0.632. The number of halogens is 1. The summed E-state index contributed by atoms with van der Waals surface area (Å²) >= 11 is 6.01. The van der Waals surface area contributed by atoms with Gasteiger partial charge in [0.05, 0.1) is 17.7 Å². The van der Waals surface area contributed by atoms with Gasteiger partial charge in [0, 0.05) is 11.4 Å². The van der Waals surface area contributed by atoms with Gasteiger partial charge < -0.3 is 14.0 Å². The van der Waals surface area contributed by atoms with Gasteiger partial charge in [-0.2, -0.15) is 0 Å². The van der Waals surface area contributed by atoms with E-state index in [1.807, 2.05) is 31.2 Å². The molecule has 0 saturated heterocycles. The van der Waals surface area contributed by atoms with Gasteiger partial charge in [0.15, 0.2) is 8.32 Å². The van der Waals surface area contributed by atoms with Gasteiger partial charge in [-0.3, -0.25) is 0 Å². The minimum atomic E-state index is -1.92. The van der Waals surface area contributed by atoms with E-state index in [9.17, 15) is 0 Å². The second kappa shape index (κ2) is 7.78. The average molecular weight is 384 g/mol. The summed E-state index contributed by atoms with van der Waals surface area (Å²) in [6.45, 7) is 13.2. The van der Waals surface area contributed by atoms with Crippen molar-refractivity contribution in [2.75, 3.05) is 6.61 Å². The van der Waals surface area contributed by atoms with E-state index in [0.717, 1.165) is 30.5 Å². The molecule has 1 aromatic rings. The number of nitrogens with zero attached hydrogens (tertiary/aromatic N) is 1. The van der Waals surface area contributed by atoms with Crippen LogP contribution in [0.5, 0.6) is 0 Å². The second-order valence-electron chi connectivity index (χ2n) is 7.50. The first kappa shape index (κ1) is 20.4. The van der Waals surface area contributed by atoms with Crippen LogP contribution < -0.4 is 0 Å².